The second-order valence-electron chi connectivity index (χ2n) is 2.55. The summed E-state index contributed by atoms with van der Waals surface area (Å²) in [5, 5.41) is 0. The van der Waals surface area contributed by atoms with Crippen LogP contribution in [0.3, 0.4) is 0 Å². The van der Waals surface area contributed by atoms with Gasteiger partial charge in [0.2, 0.25) is 0 Å². The molecule has 0 bridgehead atoms. The van der Waals surface area contributed by atoms with E-state index in [2.05, 4.69) is 12.2 Å². The molecule has 1 unspecified atom stereocenters. The van der Waals surface area contributed by atoms with Crippen molar-refractivity contribution in [2.75, 3.05) is 0 Å². The van der Waals surface area contributed by atoms with Crippen LogP contribution < -0.4 is 0 Å². The number of aldehydes is 1. The summed E-state index contributed by atoms with van der Waals surface area (Å²) in [5.74, 6) is 0.646. The summed E-state index contributed by atoms with van der Waals surface area (Å²) in [6.45, 7) is 0. The van der Waals surface area contributed by atoms with E-state index in [0.29, 0.717) is 5.92 Å². The molecule has 0 radical (unpaired) electrons. The number of allylic oxidation sites excluding steroid dienone is 2. The summed E-state index contributed by atoms with van der Waals surface area (Å²) < 4.78 is 0. The summed E-state index contributed by atoms with van der Waals surface area (Å²) in [5.41, 5.74) is 0. The lowest BCUT2D eigenvalue weighted by atomic mass is 9.92. The van der Waals surface area contributed by atoms with Crippen LogP contribution in [0.1, 0.15) is 25.7 Å². The van der Waals surface area contributed by atoms with E-state index in [9.17, 15) is 4.79 Å². The minimum absolute atomic E-state index is 0.646. The van der Waals surface area contributed by atoms with Crippen molar-refractivity contribution in [1.29, 1.82) is 0 Å². The first-order valence-electron chi connectivity index (χ1n) is 3.52. The maximum Gasteiger partial charge on any atom is 0.120 e. The van der Waals surface area contributed by atoms with E-state index in [1.165, 1.54) is 12.8 Å². The molecular formula is C8H12O. The SMILES string of the molecule is O=CCC1CC=CCC1. The van der Waals surface area contributed by atoms with Crippen molar-refractivity contribution in [3.63, 3.8) is 0 Å². The van der Waals surface area contributed by atoms with Crippen molar-refractivity contribution in [3.05, 3.63) is 12.2 Å². The molecule has 1 atom stereocenters. The smallest absolute Gasteiger partial charge is 0.120 e. The molecule has 0 aromatic rings. The Bertz CT molecular complexity index is 116. The summed E-state index contributed by atoms with van der Waals surface area (Å²) in [7, 11) is 0. The van der Waals surface area contributed by atoms with Crippen LogP contribution in [-0.2, 0) is 4.79 Å². The van der Waals surface area contributed by atoms with Crippen LogP contribution in [0.25, 0.3) is 0 Å². The molecular weight excluding hydrogens is 112 g/mol. The van der Waals surface area contributed by atoms with Crippen molar-refractivity contribution in [3.8, 4) is 0 Å². The largest absolute Gasteiger partial charge is 0.303 e. The molecule has 1 aliphatic carbocycles. The fourth-order valence-corrected chi connectivity index (χ4v) is 1.21. The van der Waals surface area contributed by atoms with Crippen LogP contribution in [0.5, 0.6) is 0 Å². The number of carbonyl (C=O) groups is 1. The highest BCUT2D eigenvalue weighted by atomic mass is 16.1. The molecule has 9 heavy (non-hydrogen) atoms. The third-order valence-corrected chi connectivity index (χ3v) is 1.81. The van der Waals surface area contributed by atoms with Gasteiger partial charge in [-0.05, 0) is 25.2 Å². The predicted octanol–water partition coefficient (Wildman–Crippen LogP) is 1.93. The van der Waals surface area contributed by atoms with Crippen LogP contribution in [0.2, 0.25) is 0 Å². The molecule has 0 saturated carbocycles. The molecule has 0 spiro atoms. The molecule has 0 fully saturated rings. The van der Waals surface area contributed by atoms with Crippen molar-refractivity contribution in [2.24, 2.45) is 5.92 Å². The van der Waals surface area contributed by atoms with Crippen LogP contribution in [-0.4, -0.2) is 6.29 Å². The number of rotatable bonds is 2. The Balaban J connectivity index is 2.26. The van der Waals surface area contributed by atoms with Gasteiger partial charge in [-0.1, -0.05) is 12.2 Å². The average molecular weight is 124 g/mol. The molecule has 1 heteroatoms. The minimum atomic E-state index is 0.646. The van der Waals surface area contributed by atoms with Gasteiger partial charge in [-0.15, -0.1) is 0 Å². The van der Waals surface area contributed by atoms with Gasteiger partial charge in [0.1, 0.15) is 6.29 Å². The van der Waals surface area contributed by atoms with Crippen molar-refractivity contribution in [1.82, 2.24) is 0 Å². The second-order valence-corrected chi connectivity index (χ2v) is 2.55. The maximum absolute atomic E-state index is 10.0. The highest BCUT2D eigenvalue weighted by Crippen LogP contribution is 2.19. The summed E-state index contributed by atoms with van der Waals surface area (Å²) in [4.78, 5) is 10.0. The summed E-state index contributed by atoms with van der Waals surface area (Å²) in [6.07, 6.45) is 9.64. The lowest BCUT2D eigenvalue weighted by molar-refractivity contribution is -0.108. The zero-order valence-electron chi connectivity index (χ0n) is 5.55. The summed E-state index contributed by atoms with van der Waals surface area (Å²) in [6, 6.07) is 0. The van der Waals surface area contributed by atoms with Crippen molar-refractivity contribution < 1.29 is 4.79 Å². The molecule has 0 amide bonds. The Hall–Kier alpha value is -0.590. The highest BCUT2D eigenvalue weighted by molar-refractivity contribution is 5.49. The van der Waals surface area contributed by atoms with E-state index in [0.717, 1.165) is 19.1 Å². The third kappa shape index (κ3) is 2.00. The van der Waals surface area contributed by atoms with Gasteiger partial charge in [-0.25, -0.2) is 0 Å². The van der Waals surface area contributed by atoms with E-state index >= 15 is 0 Å². The fraction of sp³-hybridized carbons (Fsp3) is 0.625. The van der Waals surface area contributed by atoms with Gasteiger partial charge in [-0.2, -0.15) is 0 Å². The van der Waals surface area contributed by atoms with E-state index in [-0.39, 0.29) is 0 Å². The van der Waals surface area contributed by atoms with Crippen molar-refractivity contribution in [2.45, 2.75) is 25.7 Å². The van der Waals surface area contributed by atoms with Gasteiger partial charge in [0.25, 0.3) is 0 Å². The van der Waals surface area contributed by atoms with Gasteiger partial charge < -0.3 is 4.79 Å². The van der Waals surface area contributed by atoms with Gasteiger partial charge in [0, 0.05) is 6.42 Å². The van der Waals surface area contributed by atoms with Crippen molar-refractivity contribution >= 4 is 6.29 Å². The number of carbonyl (C=O) groups excluding carboxylic acids is 1. The van der Waals surface area contributed by atoms with E-state index in [1.54, 1.807) is 0 Å². The Morgan fingerprint density at radius 3 is 3.00 bits per heavy atom. The standard InChI is InChI=1S/C8H12O/c9-7-6-8-4-2-1-3-5-8/h1-2,7-8H,3-6H2. The Kier molecular flexibility index (Phi) is 2.49. The average Bonchev–Trinajstić information content (AvgIpc) is 1.91. The zero-order valence-corrected chi connectivity index (χ0v) is 5.55. The maximum atomic E-state index is 10.0. The van der Waals surface area contributed by atoms with Gasteiger partial charge >= 0.3 is 0 Å². The summed E-state index contributed by atoms with van der Waals surface area (Å²) >= 11 is 0. The Labute approximate surface area is 55.8 Å². The Morgan fingerprint density at radius 2 is 2.44 bits per heavy atom. The van der Waals surface area contributed by atoms with Crippen LogP contribution in [0, 0.1) is 5.92 Å². The highest BCUT2D eigenvalue weighted by Gasteiger charge is 2.07. The second kappa shape index (κ2) is 3.44. The van der Waals surface area contributed by atoms with Gasteiger partial charge in [0.15, 0.2) is 0 Å². The van der Waals surface area contributed by atoms with E-state index in [1.807, 2.05) is 0 Å². The van der Waals surface area contributed by atoms with Gasteiger partial charge in [0.05, 0.1) is 0 Å². The monoisotopic (exact) mass is 124 g/mol. The first-order chi connectivity index (χ1) is 4.43. The van der Waals surface area contributed by atoms with E-state index < -0.39 is 0 Å². The molecule has 0 aliphatic heterocycles. The molecule has 0 saturated heterocycles. The Morgan fingerprint density at radius 1 is 1.56 bits per heavy atom. The molecule has 0 heterocycles. The predicted molar refractivity (Wildman–Crippen MR) is 37.2 cm³/mol. The molecule has 1 rings (SSSR count). The molecule has 0 aromatic heterocycles. The topological polar surface area (TPSA) is 17.1 Å². The van der Waals surface area contributed by atoms with Crippen LogP contribution >= 0.6 is 0 Å². The lowest BCUT2D eigenvalue weighted by Crippen LogP contribution is -2.02. The van der Waals surface area contributed by atoms with E-state index in [4.69, 9.17) is 0 Å². The first kappa shape index (κ1) is 6.53. The molecule has 0 aromatic carbocycles. The minimum Gasteiger partial charge on any atom is -0.303 e. The zero-order chi connectivity index (χ0) is 6.53. The third-order valence-electron chi connectivity index (χ3n) is 1.81. The first-order valence-corrected chi connectivity index (χ1v) is 3.52. The number of hydrogen-bond acceptors (Lipinski definition) is 1. The van der Waals surface area contributed by atoms with Crippen LogP contribution in [0.15, 0.2) is 12.2 Å². The quantitative estimate of drug-likeness (QED) is 0.406. The molecule has 0 N–H and O–H groups in total. The van der Waals surface area contributed by atoms with Gasteiger partial charge in [-0.3, -0.25) is 0 Å². The number of hydrogen-bond donors (Lipinski definition) is 0. The normalized spacial score (nSPS) is 26.0. The molecule has 50 valence electrons. The fourth-order valence-electron chi connectivity index (χ4n) is 1.21. The van der Waals surface area contributed by atoms with Crippen LogP contribution in [0.4, 0.5) is 0 Å². The molecule has 1 nitrogen and oxygen atoms in total. The molecule has 1 aliphatic rings. The lowest BCUT2D eigenvalue weighted by Gasteiger charge is -2.13.